The number of nitriles is 1. The fraction of sp³-hybridized carbons (Fsp3) is 0.125. The Balaban J connectivity index is 3.19. The zero-order chi connectivity index (χ0) is 9.14. The van der Waals surface area contributed by atoms with Crippen LogP contribution in [-0.4, -0.2) is 0 Å². The van der Waals surface area contributed by atoms with Crippen LogP contribution in [0.4, 0.5) is 0 Å². The van der Waals surface area contributed by atoms with Crippen LogP contribution in [0.2, 0.25) is 5.02 Å². The van der Waals surface area contributed by atoms with Crippen molar-refractivity contribution in [3.05, 3.63) is 31.7 Å². The molecule has 0 saturated heterocycles. The molecule has 0 radical (unpaired) electrons. The lowest BCUT2D eigenvalue weighted by atomic mass is 10.2. The second kappa shape index (κ2) is 4.27. The first kappa shape index (κ1) is 10.0. The Morgan fingerprint density at radius 3 is 2.67 bits per heavy atom. The minimum absolute atomic E-state index is 0.338. The van der Waals surface area contributed by atoms with E-state index in [0.717, 1.165) is 14.5 Å². The molecule has 12 heavy (non-hydrogen) atoms. The quantitative estimate of drug-likeness (QED) is 0.721. The van der Waals surface area contributed by atoms with Gasteiger partial charge in [-0.25, -0.2) is 0 Å². The van der Waals surface area contributed by atoms with Gasteiger partial charge in [0.1, 0.15) is 0 Å². The normalized spacial score (nSPS) is 9.50. The van der Waals surface area contributed by atoms with E-state index in [1.54, 1.807) is 0 Å². The van der Waals surface area contributed by atoms with E-state index in [1.807, 2.05) is 12.1 Å². The van der Waals surface area contributed by atoms with Gasteiger partial charge in [-0.3, -0.25) is 0 Å². The fourth-order valence-corrected chi connectivity index (χ4v) is 1.85. The Morgan fingerprint density at radius 1 is 1.42 bits per heavy atom. The third kappa shape index (κ3) is 2.01. The molecule has 4 heteroatoms. The van der Waals surface area contributed by atoms with Crippen LogP contribution in [0.15, 0.2) is 21.1 Å². The highest BCUT2D eigenvalue weighted by molar-refractivity contribution is 9.13. The van der Waals surface area contributed by atoms with Crippen LogP contribution < -0.4 is 0 Å². The second-order valence-electron chi connectivity index (χ2n) is 2.17. The van der Waals surface area contributed by atoms with E-state index in [1.165, 1.54) is 0 Å². The third-order valence-corrected chi connectivity index (χ3v) is 4.06. The number of benzene rings is 1. The van der Waals surface area contributed by atoms with Gasteiger partial charge in [0.15, 0.2) is 0 Å². The van der Waals surface area contributed by atoms with Gasteiger partial charge in [-0.05, 0) is 43.5 Å². The molecule has 0 aliphatic rings. The highest BCUT2D eigenvalue weighted by Gasteiger charge is 2.06. The number of rotatable bonds is 1. The van der Waals surface area contributed by atoms with Crippen LogP contribution in [-0.2, 0) is 6.42 Å². The second-order valence-corrected chi connectivity index (χ2v) is 4.19. The van der Waals surface area contributed by atoms with Crippen molar-refractivity contribution in [2.75, 3.05) is 0 Å². The van der Waals surface area contributed by atoms with Crippen LogP contribution in [0.5, 0.6) is 0 Å². The maximum Gasteiger partial charge on any atom is 0.0670 e. The molecule has 0 aromatic heterocycles. The maximum atomic E-state index is 8.47. The van der Waals surface area contributed by atoms with Crippen molar-refractivity contribution in [1.29, 1.82) is 5.26 Å². The lowest BCUT2D eigenvalue weighted by Gasteiger charge is -2.03. The van der Waals surface area contributed by atoms with E-state index in [-0.39, 0.29) is 0 Å². The molecule has 0 aliphatic heterocycles. The summed E-state index contributed by atoms with van der Waals surface area (Å²) in [6, 6.07) is 5.75. The average Bonchev–Trinajstić information content (AvgIpc) is 2.07. The molecular weight excluding hydrogens is 305 g/mol. The van der Waals surface area contributed by atoms with Crippen molar-refractivity contribution >= 4 is 43.5 Å². The van der Waals surface area contributed by atoms with Gasteiger partial charge in [-0.2, -0.15) is 5.26 Å². The Bertz CT molecular complexity index is 344. The van der Waals surface area contributed by atoms with E-state index in [9.17, 15) is 0 Å². The van der Waals surface area contributed by atoms with Crippen molar-refractivity contribution < 1.29 is 0 Å². The largest absolute Gasteiger partial charge is 0.198 e. The summed E-state index contributed by atoms with van der Waals surface area (Å²) in [5, 5.41) is 9.07. The number of nitrogens with zero attached hydrogens (tertiary/aromatic N) is 1. The minimum Gasteiger partial charge on any atom is -0.198 e. The lowest BCUT2D eigenvalue weighted by Crippen LogP contribution is -1.84. The zero-order valence-corrected chi connectivity index (χ0v) is 9.87. The van der Waals surface area contributed by atoms with Crippen molar-refractivity contribution in [3.63, 3.8) is 0 Å². The monoisotopic (exact) mass is 307 g/mol. The fourth-order valence-electron chi connectivity index (χ4n) is 0.788. The average molecular weight is 309 g/mol. The van der Waals surface area contributed by atoms with E-state index < -0.39 is 0 Å². The van der Waals surface area contributed by atoms with Crippen LogP contribution in [0, 0.1) is 11.3 Å². The van der Waals surface area contributed by atoms with E-state index in [0.29, 0.717) is 11.4 Å². The molecule has 1 rings (SSSR count). The third-order valence-electron chi connectivity index (χ3n) is 1.38. The van der Waals surface area contributed by atoms with Crippen molar-refractivity contribution in [3.8, 4) is 6.07 Å². The van der Waals surface area contributed by atoms with Gasteiger partial charge in [-0.1, -0.05) is 17.7 Å². The molecule has 0 saturated carbocycles. The molecule has 0 amide bonds. The minimum atomic E-state index is 0.338. The highest BCUT2D eigenvalue weighted by Crippen LogP contribution is 2.33. The summed E-state index contributed by atoms with van der Waals surface area (Å²) in [5.74, 6) is 0. The summed E-state index contributed by atoms with van der Waals surface area (Å²) in [5.41, 5.74) is 0.842. The number of halogens is 3. The van der Waals surface area contributed by atoms with E-state index >= 15 is 0 Å². The summed E-state index contributed by atoms with van der Waals surface area (Å²) in [6.07, 6.45) is 0.338. The molecule has 0 spiro atoms. The standard InChI is InChI=1S/C8H4Br2ClN/c9-6-2-1-5(3-4-12)8(11)7(6)10/h1-2H,3H2. The first-order chi connectivity index (χ1) is 5.66. The number of hydrogen-bond acceptors (Lipinski definition) is 1. The molecule has 0 bridgehead atoms. The molecule has 0 unspecified atom stereocenters. The summed E-state index contributed by atoms with van der Waals surface area (Å²) in [6.45, 7) is 0. The molecular formula is C8H4Br2ClN. The van der Waals surface area contributed by atoms with Crippen LogP contribution in [0.1, 0.15) is 5.56 Å². The summed E-state index contributed by atoms with van der Waals surface area (Å²) in [7, 11) is 0. The van der Waals surface area contributed by atoms with Crippen molar-refractivity contribution in [1.82, 2.24) is 0 Å². The first-order valence-corrected chi connectivity index (χ1v) is 5.12. The zero-order valence-electron chi connectivity index (χ0n) is 5.94. The molecule has 1 aromatic carbocycles. The summed E-state index contributed by atoms with van der Waals surface area (Å²) in [4.78, 5) is 0. The predicted octanol–water partition coefficient (Wildman–Crippen LogP) is 3.93. The van der Waals surface area contributed by atoms with Crippen molar-refractivity contribution in [2.24, 2.45) is 0 Å². The van der Waals surface area contributed by atoms with Gasteiger partial charge in [0.05, 0.1) is 22.0 Å². The Hall–Kier alpha value is -0.0400. The Kier molecular flexibility index (Phi) is 3.57. The predicted molar refractivity (Wildman–Crippen MR) is 56.2 cm³/mol. The van der Waals surface area contributed by atoms with E-state index in [2.05, 4.69) is 37.9 Å². The van der Waals surface area contributed by atoms with Gasteiger partial charge >= 0.3 is 0 Å². The van der Waals surface area contributed by atoms with E-state index in [4.69, 9.17) is 16.9 Å². The van der Waals surface area contributed by atoms with Gasteiger partial charge in [0.25, 0.3) is 0 Å². The van der Waals surface area contributed by atoms with Crippen LogP contribution in [0.25, 0.3) is 0 Å². The van der Waals surface area contributed by atoms with Crippen molar-refractivity contribution in [2.45, 2.75) is 6.42 Å². The molecule has 0 N–H and O–H groups in total. The molecule has 0 aliphatic carbocycles. The van der Waals surface area contributed by atoms with Gasteiger partial charge < -0.3 is 0 Å². The molecule has 0 heterocycles. The van der Waals surface area contributed by atoms with Crippen LogP contribution >= 0.6 is 43.5 Å². The lowest BCUT2D eigenvalue weighted by molar-refractivity contribution is 1.25. The van der Waals surface area contributed by atoms with Crippen LogP contribution in [0.3, 0.4) is 0 Å². The SMILES string of the molecule is N#CCc1ccc(Br)c(Br)c1Cl. The summed E-state index contributed by atoms with van der Waals surface area (Å²) < 4.78 is 1.70. The van der Waals surface area contributed by atoms with Gasteiger partial charge in [0, 0.05) is 4.47 Å². The number of hydrogen-bond donors (Lipinski definition) is 0. The summed E-state index contributed by atoms with van der Waals surface area (Å²) >= 11 is 12.6. The molecule has 1 nitrogen and oxygen atoms in total. The molecule has 62 valence electrons. The smallest absolute Gasteiger partial charge is 0.0670 e. The maximum absolute atomic E-state index is 8.47. The molecule has 0 fully saturated rings. The Labute approximate surface area is 92.6 Å². The van der Waals surface area contributed by atoms with Gasteiger partial charge in [-0.15, -0.1) is 0 Å². The highest BCUT2D eigenvalue weighted by atomic mass is 79.9. The Morgan fingerprint density at radius 2 is 2.08 bits per heavy atom. The first-order valence-electron chi connectivity index (χ1n) is 3.16. The topological polar surface area (TPSA) is 23.8 Å². The van der Waals surface area contributed by atoms with Gasteiger partial charge in [0.2, 0.25) is 0 Å². The molecule has 1 aromatic rings. The molecule has 0 atom stereocenters.